The number of hydrogen-bond donors (Lipinski definition) is 1. The SMILES string of the molecule is COc1ccc(C)cc1C(O)C(C)c1ccncc1. The molecule has 0 radical (unpaired) electrons. The van der Waals surface area contributed by atoms with Gasteiger partial charge >= 0.3 is 0 Å². The van der Waals surface area contributed by atoms with E-state index in [-0.39, 0.29) is 5.92 Å². The molecule has 0 bridgehead atoms. The molecule has 1 aromatic carbocycles. The second kappa shape index (κ2) is 5.85. The van der Waals surface area contributed by atoms with Crippen LogP contribution in [0.1, 0.15) is 35.6 Å². The van der Waals surface area contributed by atoms with Crippen LogP contribution in [-0.2, 0) is 0 Å². The summed E-state index contributed by atoms with van der Waals surface area (Å²) in [5, 5.41) is 10.6. The van der Waals surface area contributed by atoms with Crippen LogP contribution in [0.15, 0.2) is 42.7 Å². The Balaban J connectivity index is 2.33. The lowest BCUT2D eigenvalue weighted by atomic mass is 9.90. The minimum absolute atomic E-state index is 0.0151. The first-order valence-corrected chi connectivity index (χ1v) is 6.36. The van der Waals surface area contributed by atoms with Crippen molar-refractivity contribution in [2.75, 3.05) is 7.11 Å². The maximum atomic E-state index is 10.6. The van der Waals surface area contributed by atoms with E-state index in [4.69, 9.17) is 4.74 Å². The summed E-state index contributed by atoms with van der Waals surface area (Å²) < 4.78 is 5.34. The first kappa shape index (κ1) is 13.6. The van der Waals surface area contributed by atoms with Crippen molar-refractivity contribution in [1.82, 2.24) is 4.98 Å². The van der Waals surface area contributed by atoms with Crippen molar-refractivity contribution in [3.63, 3.8) is 0 Å². The Morgan fingerprint density at radius 1 is 1.16 bits per heavy atom. The zero-order chi connectivity index (χ0) is 13.8. The van der Waals surface area contributed by atoms with Crippen molar-refractivity contribution in [1.29, 1.82) is 0 Å². The topological polar surface area (TPSA) is 42.4 Å². The molecule has 2 unspecified atom stereocenters. The third kappa shape index (κ3) is 2.93. The van der Waals surface area contributed by atoms with Crippen LogP contribution in [-0.4, -0.2) is 17.2 Å². The van der Waals surface area contributed by atoms with Crippen molar-refractivity contribution in [2.24, 2.45) is 0 Å². The molecule has 2 atom stereocenters. The van der Waals surface area contributed by atoms with Crippen molar-refractivity contribution >= 4 is 0 Å². The summed E-state index contributed by atoms with van der Waals surface area (Å²) in [4.78, 5) is 4.00. The molecule has 0 aliphatic heterocycles. The predicted molar refractivity (Wildman–Crippen MR) is 75.3 cm³/mol. The van der Waals surface area contributed by atoms with E-state index in [1.165, 1.54) is 0 Å². The molecule has 0 aliphatic carbocycles. The largest absolute Gasteiger partial charge is 0.496 e. The lowest BCUT2D eigenvalue weighted by molar-refractivity contribution is 0.148. The van der Waals surface area contributed by atoms with E-state index >= 15 is 0 Å². The Morgan fingerprint density at radius 3 is 2.47 bits per heavy atom. The van der Waals surface area contributed by atoms with Crippen molar-refractivity contribution in [3.05, 3.63) is 59.4 Å². The van der Waals surface area contributed by atoms with Crippen LogP contribution in [0.25, 0.3) is 0 Å². The maximum absolute atomic E-state index is 10.6. The zero-order valence-electron chi connectivity index (χ0n) is 11.5. The van der Waals surface area contributed by atoms with Gasteiger partial charge in [0, 0.05) is 23.9 Å². The monoisotopic (exact) mass is 257 g/mol. The minimum Gasteiger partial charge on any atom is -0.496 e. The number of rotatable bonds is 4. The molecule has 19 heavy (non-hydrogen) atoms. The number of aromatic nitrogens is 1. The lowest BCUT2D eigenvalue weighted by Gasteiger charge is -2.22. The number of benzene rings is 1. The smallest absolute Gasteiger partial charge is 0.124 e. The van der Waals surface area contributed by atoms with E-state index in [0.717, 1.165) is 22.4 Å². The van der Waals surface area contributed by atoms with Gasteiger partial charge in [0.2, 0.25) is 0 Å². The minimum atomic E-state index is -0.600. The molecule has 1 heterocycles. The van der Waals surface area contributed by atoms with Gasteiger partial charge in [-0.3, -0.25) is 4.98 Å². The summed E-state index contributed by atoms with van der Waals surface area (Å²) >= 11 is 0. The molecule has 3 heteroatoms. The Kier molecular flexibility index (Phi) is 4.17. The number of hydrogen-bond acceptors (Lipinski definition) is 3. The standard InChI is InChI=1S/C16H19NO2/c1-11-4-5-15(19-3)14(10-11)16(18)12(2)13-6-8-17-9-7-13/h4-10,12,16,18H,1-3H3. The van der Waals surface area contributed by atoms with Gasteiger partial charge in [-0.05, 0) is 36.8 Å². The molecule has 0 fully saturated rings. The van der Waals surface area contributed by atoms with Gasteiger partial charge in [0.05, 0.1) is 13.2 Å². The molecular formula is C16H19NO2. The summed E-state index contributed by atoms with van der Waals surface area (Å²) in [6.07, 6.45) is 2.88. The summed E-state index contributed by atoms with van der Waals surface area (Å²) in [6.45, 7) is 4.01. The predicted octanol–water partition coefficient (Wildman–Crippen LogP) is 3.24. The fourth-order valence-electron chi connectivity index (χ4n) is 2.20. The number of aliphatic hydroxyl groups is 1. The van der Waals surface area contributed by atoms with Crippen LogP contribution in [0.4, 0.5) is 0 Å². The summed E-state index contributed by atoms with van der Waals surface area (Å²) in [5.74, 6) is 0.706. The highest BCUT2D eigenvalue weighted by Gasteiger charge is 2.21. The third-order valence-electron chi connectivity index (χ3n) is 3.41. The summed E-state index contributed by atoms with van der Waals surface area (Å²) in [6, 6.07) is 9.70. The molecule has 1 N–H and O–H groups in total. The number of aliphatic hydroxyl groups excluding tert-OH is 1. The van der Waals surface area contributed by atoms with E-state index in [2.05, 4.69) is 4.98 Å². The molecule has 2 rings (SSSR count). The number of methoxy groups -OCH3 is 1. The Labute approximate surface area is 113 Å². The summed E-state index contributed by atoms with van der Waals surface area (Å²) in [5.41, 5.74) is 3.00. The molecular weight excluding hydrogens is 238 g/mol. The highest BCUT2D eigenvalue weighted by Crippen LogP contribution is 2.35. The van der Waals surface area contributed by atoms with Gasteiger partial charge in [-0.15, -0.1) is 0 Å². The number of nitrogens with zero attached hydrogens (tertiary/aromatic N) is 1. The highest BCUT2D eigenvalue weighted by atomic mass is 16.5. The van der Waals surface area contributed by atoms with E-state index in [9.17, 15) is 5.11 Å². The average Bonchev–Trinajstić information content (AvgIpc) is 2.46. The van der Waals surface area contributed by atoms with Gasteiger partial charge in [0.1, 0.15) is 5.75 Å². The van der Waals surface area contributed by atoms with Gasteiger partial charge in [-0.25, -0.2) is 0 Å². The van der Waals surface area contributed by atoms with E-state index in [0.29, 0.717) is 0 Å². The highest BCUT2D eigenvalue weighted by molar-refractivity contribution is 5.40. The lowest BCUT2D eigenvalue weighted by Crippen LogP contribution is -2.09. The summed E-state index contributed by atoms with van der Waals surface area (Å²) in [7, 11) is 1.62. The second-order valence-corrected chi connectivity index (χ2v) is 4.76. The Hall–Kier alpha value is -1.87. The molecule has 0 aliphatic rings. The molecule has 0 saturated heterocycles. The van der Waals surface area contributed by atoms with Crippen LogP contribution < -0.4 is 4.74 Å². The quantitative estimate of drug-likeness (QED) is 0.914. The van der Waals surface area contributed by atoms with Crippen LogP contribution in [0.2, 0.25) is 0 Å². The molecule has 2 aromatic rings. The van der Waals surface area contributed by atoms with Crippen molar-refractivity contribution < 1.29 is 9.84 Å². The van der Waals surface area contributed by atoms with E-state index < -0.39 is 6.10 Å². The van der Waals surface area contributed by atoms with Gasteiger partial charge in [0.15, 0.2) is 0 Å². The maximum Gasteiger partial charge on any atom is 0.124 e. The van der Waals surface area contributed by atoms with Crippen LogP contribution in [0, 0.1) is 6.92 Å². The van der Waals surface area contributed by atoms with Crippen molar-refractivity contribution in [2.45, 2.75) is 25.9 Å². The molecule has 0 spiro atoms. The second-order valence-electron chi connectivity index (χ2n) is 4.76. The van der Waals surface area contributed by atoms with Gasteiger partial charge in [0.25, 0.3) is 0 Å². The molecule has 1 aromatic heterocycles. The first-order valence-electron chi connectivity index (χ1n) is 6.36. The molecule has 0 amide bonds. The van der Waals surface area contributed by atoms with Crippen LogP contribution in [0.5, 0.6) is 5.75 Å². The fraction of sp³-hybridized carbons (Fsp3) is 0.312. The number of pyridine rings is 1. The van der Waals surface area contributed by atoms with Crippen molar-refractivity contribution in [3.8, 4) is 5.75 Å². The number of ether oxygens (including phenoxy) is 1. The molecule has 100 valence electrons. The Morgan fingerprint density at radius 2 is 1.84 bits per heavy atom. The Bertz CT molecular complexity index is 540. The normalized spacial score (nSPS) is 13.9. The van der Waals surface area contributed by atoms with Gasteiger partial charge in [-0.2, -0.15) is 0 Å². The van der Waals surface area contributed by atoms with Crippen LogP contribution >= 0.6 is 0 Å². The number of aryl methyl sites for hydroxylation is 1. The van der Waals surface area contributed by atoms with Gasteiger partial charge in [-0.1, -0.05) is 18.6 Å². The third-order valence-corrected chi connectivity index (χ3v) is 3.41. The average molecular weight is 257 g/mol. The van der Waals surface area contributed by atoms with E-state index in [1.54, 1.807) is 19.5 Å². The van der Waals surface area contributed by atoms with Gasteiger partial charge < -0.3 is 9.84 Å². The molecule has 0 saturated carbocycles. The molecule has 3 nitrogen and oxygen atoms in total. The van der Waals surface area contributed by atoms with Crippen LogP contribution in [0.3, 0.4) is 0 Å². The van der Waals surface area contributed by atoms with E-state index in [1.807, 2.05) is 44.2 Å². The fourth-order valence-corrected chi connectivity index (χ4v) is 2.20. The zero-order valence-corrected chi connectivity index (χ0v) is 11.5. The first-order chi connectivity index (χ1) is 9.13.